The summed E-state index contributed by atoms with van der Waals surface area (Å²) in [6.45, 7) is 3.34. The maximum absolute atomic E-state index is 12.8. The predicted molar refractivity (Wildman–Crippen MR) is 95.9 cm³/mol. The van der Waals surface area contributed by atoms with E-state index in [9.17, 15) is 18.0 Å². The zero-order chi connectivity index (χ0) is 18.9. The van der Waals surface area contributed by atoms with Crippen molar-refractivity contribution in [1.29, 1.82) is 0 Å². The number of hydrogen-bond acceptors (Lipinski definition) is 4. The Bertz CT molecular complexity index is 790. The number of nitrogens with zero attached hydrogens (tertiary/aromatic N) is 2. The molecule has 2 N–H and O–H groups in total. The summed E-state index contributed by atoms with van der Waals surface area (Å²) in [5, 5.41) is 0.683. The topological polar surface area (TPSA) is 59.2 Å². The van der Waals surface area contributed by atoms with Gasteiger partial charge >= 0.3 is 6.18 Å². The van der Waals surface area contributed by atoms with Crippen LogP contribution >= 0.6 is 11.3 Å². The monoisotopic (exact) mass is 385 g/mol. The van der Waals surface area contributed by atoms with Gasteiger partial charge in [0.1, 0.15) is 0 Å². The second kappa shape index (κ2) is 7.52. The predicted octanol–water partition coefficient (Wildman–Crippen LogP) is 3.83. The Morgan fingerprint density at radius 3 is 2.88 bits per heavy atom. The Kier molecular flexibility index (Phi) is 5.53. The van der Waals surface area contributed by atoms with Crippen molar-refractivity contribution in [2.75, 3.05) is 13.1 Å². The van der Waals surface area contributed by atoms with Crippen molar-refractivity contribution in [3.8, 4) is 0 Å². The molecule has 1 amide bonds. The number of aryl methyl sites for hydroxylation is 1. The molecule has 26 heavy (non-hydrogen) atoms. The summed E-state index contributed by atoms with van der Waals surface area (Å²) in [7, 11) is 0. The molecule has 2 unspecified atom stereocenters. The first-order valence-corrected chi connectivity index (χ1v) is 9.55. The number of carbonyl (C=O) groups is 1. The maximum atomic E-state index is 12.8. The summed E-state index contributed by atoms with van der Waals surface area (Å²) >= 11 is 1.34. The number of halogens is 3. The molecule has 2 aromatic rings. The molecule has 0 aliphatic carbocycles. The van der Waals surface area contributed by atoms with Crippen LogP contribution < -0.4 is 5.73 Å². The molecular weight excluding hydrogens is 363 g/mol. The van der Waals surface area contributed by atoms with Gasteiger partial charge in [0.15, 0.2) is 0 Å². The number of fused-ring (bicyclic) bond motifs is 1. The van der Waals surface area contributed by atoms with E-state index in [1.807, 2.05) is 4.90 Å². The van der Waals surface area contributed by atoms with Gasteiger partial charge in [-0.3, -0.25) is 4.79 Å². The highest BCUT2D eigenvalue weighted by Gasteiger charge is 2.31. The number of carbonyl (C=O) groups excluding carboxylic acids is 1. The minimum Gasteiger partial charge on any atom is -0.338 e. The minimum atomic E-state index is -4.38. The second-order valence-corrected chi connectivity index (χ2v) is 8.01. The van der Waals surface area contributed by atoms with Crippen molar-refractivity contribution < 1.29 is 18.0 Å². The molecule has 142 valence electrons. The molecule has 0 saturated carbocycles. The van der Waals surface area contributed by atoms with E-state index in [2.05, 4.69) is 11.9 Å². The third kappa shape index (κ3) is 4.17. The SMILES string of the molecule is CC1CCN(C(=O)CCc2nc3cc(C(F)(F)F)ccc3s2)C(CN)C1. The first-order valence-electron chi connectivity index (χ1n) is 8.74. The molecular formula is C18H22F3N3OS. The number of likely N-dealkylation sites (tertiary alicyclic amines) is 1. The van der Waals surface area contributed by atoms with E-state index in [1.54, 1.807) is 0 Å². The Morgan fingerprint density at radius 2 is 2.19 bits per heavy atom. The number of piperidine rings is 1. The van der Waals surface area contributed by atoms with Crippen LogP contribution in [0.1, 0.15) is 36.8 Å². The van der Waals surface area contributed by atoms with Gasteiger partial charge in [-0.1, -0.05) is 6.92 Å². The van der Waals surface area contributed by atoms with Crippen LogP contribution in [0.3, 0.4) is 0 Å². The first-order chi connectivity index (χ1) is 12.3. The first kappa shape index (κ1) is 19.1. The van der Waals surface area contributed by atoms with Crippen molar-refractivity contribution in [1.82, 2.24) is 9.88 Å². The number of nitrogens with two attached hydrogens (primary N) is 1. The van der Waals surface area contributed by atoms with Gasteiger partial charge in [0.25, 0.3) is 0 Å². The third-order valence-corrected chi connectivity index (χ3v) is 5.98. The zero-order valence-electron chi connectivity index (χ0n) is 14.6. The van der Waals surface area contributed by atoms with Crippen LogP contribution in [0.2, 0.25) is 0 Å². The van der Waals surface area contributed by atoms with E-state index < -0.39 is 11.7 Å². The summed E-state index contributed by atoms with van der Waals surface area (Å²) in [5.41, 5.74) is 5.43. The molecule has 3 rings (SSSR count). The average molecular weight is 385 g/mol. The van der Waals surface area contributed by atoms with E-state index in [0.29, 0.717) is 40.5 Å². The average Bonchev–Trinajstić information content (AvgIpc) is 3.00. The van der Waals surface area contributed by atoms with Gasteiger partial charge in [0.2, 0.25) is 5.91 Å². The third-order valence-electron chi connectivity index (χ3n) is 4.88. The largest absolute Gasteiger partial charge is 0.416 e. The second-order valence-electron chi connectivity index (χ2n) is 6.89. The lowest BCUT2D eigenvalue weighted by atomic mass is 9.92. The highest BCUT2D eigenvalue weighted by molar-refractivity contribution is 7.18. The number of thiazole rings is 1. The van der Waals surface area contributed by atoms with Crippen molar-refractivity contribution >= 4 is 27.5 Å². The van der Waals surface area contributed by atoms with Crippen molar-refractivity contribution in [3.63, 3.8) is 0 Å². The highest BCUT2D eigenvalue weighted by Crippen LogP contribution is 2.33. The Labute approximate surface area is 154 Å². The van der Waals surface area contributed by atoms with Gasteiger partial charge in [-0.25, -0.2) is 4.98 Å². The smallest absolute Gasteiger partial charge is 0.338 e. The lowest BCUT2D eigenvalue weighted by molar-refractivity contribution is -0.137. The maximum Gasteiger partial charge on any atom is 0.416 e. The summed E-state index contributed by atoms with van der Waals surface area (Å²) in [6, 6.07) is 3.65. The van der Waals surface area contributed by atoms with Crippen molar-refractivity contribution in [2.24, 2.45) is 11.7 Å². The van der Waals surface area contributed by atoms with E-state index in [0.717, 1.165) is 31.5 Å². The molecule has 2 atom stereocenters. The molecule has 4 nitrogen and oxygen atoms in total. The Morgan fingerprint density at radius 1 is 1.42 bits per heavy atom. The van der Waals surface area contributed by atoms with Crippen LogP contribution in [-0.2, 0) is 17.4 Å². The molecule has 0 spiro atoms. The number of hydrogen-bond donors (Lipinski definition) is 1. The van der Waals surface area contributed by atoms with E-state index in [1.165, 1.54) is 17.4 Å². The molecule has 8 heteroatoms. The van der Waals surface area contributed by atoms with Crippen LogP contribution in [0.15, 0.2) is 18.2 Å². The van der Waals surface area contributed by atoms with E-state index in [-0.39, 0.29) is 11.9 Å². The highest BCUT2D eigenvalue weighted by atomic mass is 32.1. The molecule has 1 aliphatic rings. The number of benzene rings is 1. The molecule has 2 heterocycles. The summed E-state index contributed by atoms with van der Waals surface area (Å²) in [6.07, 6.45) is -1.75. The molecule has 1 saturated heterocycles. The van der Waals surface area contributed by atoms with Gasteiger partial charge in [-0.05, 0) is 37.0 Å². The number of amides is 1. The summed E-state index contributed by atoms with van der Waals surface area (Å²) in [5.74, 6) is 0.613. The number of aromatic nitrogens is 1. The van der Waals surface area contributed by atoms with E-state index >= 15 is 0 Å². The van der Waals surface area contributed by atoms with Crippen molar-refractivity contribution in [2.45, 2.75) is 44.8 Å². The molecule has 0 radical (unpaired) electrons. The molecule has 1 fully saturated rings. The van der Waals surface area contributed by atoms with Crippen LogP contribution in [0.4, 0.5) is 13.2 Å². The van der Waals surface area contributed by atoms with Crippen molar-refractivity contribution in [3.05, 3.63) is 28.8 Å². The molecule has 1 aromatic carbocycles. The minimum absolute atomic E-state index is 0.0441. The summed E-state index contributed by atoms with van der Waals surface area (Å²) < 4.78 is 39.1. The van der Waals surface area contributed by atoms with E-state index in [4.69, 9.17) is 5.73 Å². The van der Waals surface area contributed by atoms with Crippen LogP contribution in [0, 0.1) is 5.92 Å². The quantitative estimate of drug-likeness (QED) is 0.870. The fraction of sp³-hybridized carbons (Fsp3) is 0.556. The van der Waals surface area contributed by atoms with Crippen LogP contribution in [0.5, 0.6) is 0 Å². The van der Waals surface area contributed by atoms with Gasteiger partial charge < -0.3 is 10.6 Å². The number of rotatable bonds is 4. The Hall–Kier alpha value is -1.67. The summed E-state index contributed by atoms with van der Waals surface area (Å²) in [4.78, 5) is 18.7. The molecule has 1 aliphatic heterocycles. The number of alkyl halides is 3. The Balaban J connectivity index is 1.66. The van der Waals surface area contributed by atoms with Gasteiger partial charge in [-0.15, -0.1) is 11.3 Å². The standard InChI is InChI=1S/C18H22F3N3OS/c1-11-6-7-24(13(8-11)10-22)17(25)5-4-16-23-14-9-12(18(19,20)21)2-3-15(14)26-16/h2-3,9,11,13H,4-8,10,22H2,1H3. The van der Waals surface area contributed by atoms with Crippen LogP contribution in [-0.4, -0.2) is 34.9 Å². The lowest BCUT2D eigenvalue weighted by Crippen LogP contribution is -2.49. The lowest BCUT2D eigenvalue weighted by Gasteiger charge is -2.38. The van der Waals surface area contributed by atoms with Crippen LogP contribution in [0.25, 0.3) is 10.2 Å². The van der Waals surface area contributed by atoms with Gasteiger partial charge in [0, 0.05) is 32.0 Å². The molecule has 1 aromatic heterocycles. The fourth-order valence-electron chi connectivity index (χ4n) is 3.42. The normalized spacial score (nSPS) is 21.3. The van der Waals surface area contributed by atoms with Gasteiger partial charge in [-0.2, -0.15) is 13.2 Å². The fourth-order valence-corrected chi connectivity index (χ4v) is 4.37. The van der Waals surface area contributed by atoms with Gasteiger partial charge in [0.05, 0.1) is 20.8 Å². The molecule has 0 bridgehead atoms. The zero-order valence-corrected chi connectivity index (χ0v) is 15.4.